The predicted octanol–water partition coefficient (Wildman–Crippen LogP) is 0.594. The Morgan fingerprint density at radius 2 is 1.67 bits per heavy atom. The Morgan fingerprint density at radius 3 is 2.29 bits per heavy atom. The molecule has 2 aromatic rings. The summed E-state index contributed by atoms with van der Waals surface area (Å²) in [4.78, 5) is 17.5. The highest BCUT2D eigenvalue weighted by Gasteiger charge is 2.21. The molecule has 2 heterocycles. The number of aliphatic hydroxyl groups excluding tert-OH is 1. The smallest absolute Gasteiger partial charge is 0.276 e. The Labute approximate surface area is 142 Å². The van der Waals surface area contributed by atoms with Gasteiger partial charge in [-0.2, -0.15) is 0 Å². The molecule has 0 spiro atoms. The number of nitrogens with zero attached hydrogens (tertiary/aromatic N) is 4. The van der Waals surface area contributed by atoms with E-state index in [0.717, 1.165) is 49.7 Å². The van der Waals surface area contributed by atoms with Crippen LogP contribution >= 0.6 is 0 Å². The van der Waals surface area contributed by atoms with Gasteiger partial charge >= 0.3 is 0 Å². The third-order valence-electron chi connectivity index (χ3n) is 4.94. The average Bonchev–Trinajstić information content (AvgIpc) is 2.81. The van der Waals surface area contributed by atoms with Gasteiger partial charge in [0.05, 0.1) is 17.9 Å². The number of hydrogen-bond acceptors (Lipinski definition) is 4. The van der Waals surface area contributed by atoms with Gasteiger partial charge in [0.1, 0.15) is 0 Å². The topological polar surface area (TPSA) is 53.6 Å². The second-order valence-electron chi connectivity index (χ2n) is 6.38. The van der Waals surface area contributed by atoms with Crippen molar-refractivity contribution in [2.24, 2.45) is 7.05 Å². The maximum Gasteiger partial charge on any atom is 0.276 e. The summed E-state index contributed by atoms with van der Waals surface area (Å²) < 4.78 is 3.68. The Balaban J connectivity index is 1.79. The van der Waals surface area contributed by atoms with Gasteiger partial charge in [0.2, 0.25) is 0 Å². The standard InChI is InChI=1S/C18H26N4O2/c1-15-17(14-21-10-8-20(9-11-21)12-13-23)18(24)22(19(15)2)16-6-4-3-5-7-16/h3-7,23H,8-14H2,1-2H3. The van der Waals surface area contributed by atoms with Gasteiger partial charge in [-0.3, -0.25) is 19.3 Å². The molecule has 24 heavy (non-hydrogen) atoms. The number of benzene rings is 1. The molecule has 1 aliphatic rings. The van der Waals surface area contributed by atoms with E-state index in [9.17, 15) is 4.79 Å². The predicted molar refractivity (Wildman–Crippen MR) is 94.5 cm³/mol. The van der Waals surface area contributed by atoms with E-state index < -0.39 is 0 Å². The highest BCUT2D eigenvalue weighted by Crippen LogP contribution is 2.13. The van der Waals surface area contributed by atoms with Crippen LogP contribution in [-0.2, 0) is 13.6 Å². The van der Waals surface area contributed by atoms with Gasteiger partial charge in [0.15, 0.2) is 0 Å². The lowest BCUT2D eigenvalue weighted by atomic mass is 10.2. The van der Waals surface area contributed by atoms with Crippen molar-refractivity contribution < 1.29 is 5.11 Å². The first-order chi connectivity index (χ1) is 11.6. The zero-order chi connectivity index (χ0) is 17.1. The summed E-state index contributed by atoms with van der Waals surface area (Å²) in [5.41, 5.74) is 2.85. The molecule has 0 unspecified atom stereocenters. The molecule has 6 nitrogen and oxygen atoms in total. The lowest BCUT2D eigenvalue weighted by Crippen LogP contribution is -2.47. The molecule has 1 N–H and O–H groups in total. The van der Waals surface area contributed by atoms with E-state index >= 15 is 0 Å². The Morgan fingerprint density at radius 1 is 1.04 bits per heavy atom. The third kappa shape index (κ3) is 3.31. The second-order valence-corrected chi connectivity index (χ2v) is 6.38. The summed E-state index contributed by atoms with van der Waals surface area (Å²) in [6, 6.07) is 9.77. The first kappa shape index (κ1) is 17.0. The molecule has 3 rings (SSSR count). The van der Waals surface area contributed by atoms with Crippen molar-refractivity contribution in [2.75, 3.05) is 39.3 Å². The second kappa shape index (κ2) is 7.34. The van der Waals surface area contributed by atoms with E-state index in [1.54, 1.807) is 4.68 Å². The highest BCUT2D eigenvalue weighted by atomic mass is 16.3. The molecule has 0 amide bonds. The third-order valence-corrected chi connectivity index (χ3v) is 4.94. The van der Waals surface area contributed by atoms with Gasteiger partial charge in [-0.25, -0.2) is 4.68 Å². The molecular formula is C18H26N4O2. The number of β-amino-alcohol motifs (C(OH)–C–C–N with tert-alkyl or cyclic N) is 1. The number of aliphatic hydroxyl groups is 1. The normalized spacial score (nSPS) is 16.6. The largest absolute Gasteiger partial charge is 0.395 e. The van der Waals surface area contributed by atoms with E-state index in [1.165, 1.54) is 0 Å². The van der Waals surface area contributed by atoms with E-state index in [1.807, 2.05) is 49.0 Å². The van der Waals surface area contributed by atoms with E-state index in [-0.39, 0.29) is 12.2 Å². The summed E-state index contributed by atoms with van der Waals surface area (Å²) >= 11 is 0. The Kier molecular flexibility index (Phi) is 5.18. The fraction of sp³-hybridized carbons (Fsp3) is 0.500. The molecule has 0 atom stereocenters. The van der Waals surface area contributed by atoms with E-state index in [2.05, 4.69) is 9.80 Å². The van der Waals surface area contributed by atoms with Crippen LogP contribution in [-0.4, -0.2) is 63.6 Å². The van der Waals surface area contributed by atoms with Gasteiger partial charge in [-0.05, 0) is 19.1 Å². The number of rotatable bonds is 5. The van der Waals surface area contributed by atoms with E-state index in [0.29, 0.717) is 6.54 Å². The lowest BCUT2D eigenvalue weighted by molar-refractivity contribution is 0.108. The van der Waals surface area contributed by atoms with Crippen LogP contribution in [0.4, 0.5) is 0 Å². The van der Waals surface area contributed by atoms with Crippen molar-refractivity contribution in [1.29, 1.82) is 0 Å². The van der Waals surface area contributed by atoms with Crippen molar-refractivity contribution in [3.8, 4) is 5.69 Å². The van der Waals surface area contributed by atoms with Gasteiger partial charge in [0, 0.05) is 52.0 Å². The number of para-hydroxylation sites is 1. The molecule has 1 aromatic heterocycles. The lowest BCUT2D eigenvalue weighted by Gasteiger charge is -2.34. The summed E-state index contributed by atoms with van der Waals surface area (Å²) in [6.45, 7) is 7.39. The van der Waals surface area contributed by atoms with Crippen molar-refractivity contribution in [1.82, 2.24) is 19.2 Å². The molecule has 0 radical (unpaired) electrons. The van der Waals surface area contributed by atoms with Crippen LogP contribution in [0.25, 0.3) is 5.69 Å². The fourth-order valence-corrected chi connectivity index (χ4v) is 3.34. The molecule has 130 valence electrons. The SMILES string of the molecule is Cc1c(CN2CCN(CCO)CC2)c(=O)n(-c2ccccc2)n1C. The average molecular weight is 330 g/mol. The monoisotopic (exact) mass is 330 g/mol. The van der Waals surface area contributed by atoms with Crippen LogP contribution < -0.4 is 5.56 Å². The quantitative estimate of drug-likeness (QED) is 0.872. The van der Waals surface area contributed by atoms with Gasteiger partial charge in [-0.1, -0.05) is 18.2 Å². The zero-order valence-electron chi connectivity index (χ0n) is 14.5. The molecule has 0 saturated carbocycles. The van der Waals surface area contributed by atoms with Crippen LogP contribution in [0.1, 0.15) is 11.3 Å². The van der Waals surface area contributed by atoms with Crippen molar-refractivity contribution in [3.05, 3.63) is 51.9 Å². The molecule has 1 fully saturated rings. The molecule has 0 bridgehead atoms. The van der Waals surface area contributed by atoms with Crippen LogP contribution in [0, 0.1) is 6.92 Å². The molecule has 1 saturated heterocycles. The van der Waals surface area contributed by atoms with Crippen LogP contribution in [0.3, 0.4) is 0 Å². The minimum Gasteiger partial charge on any atom is -0.395 e. The summed E-state index contributed by atoms with van der Waals surface area (Å²) in [6.07, 6.45) is 0. The summed E-state index contributed by atoms with van der Waals surface area (Å²) in [5.74, 6) is 0. The molecular weight excluding hydrogens is 304 g/mol. The molecule has 1 aromatic carbocycles. The summed E-state index contributed by atoms with van der Waals surface area (Å²) in [7, 11) is 1.94. The van der Waals surface area contributed by atoms with E-state index in [4.69, 9.17) is 5.11 Å². The maximum atomic E-state index is 12.9. The maximum absolute atomic E-state index is 12.9. The minimum absolute atomic E-state index is 0.0685. The minimum atomic E-state index is 0.0685. The van der Waals surface area contributed by atoms with Crippen molar-refractivity contribution in [3.63, 3.8) is 0 Å². The Hall–Kier alpha value is -1.89. The fourth-order valence-electron chi connectivity index (χ4n) is 3.34. The van der Waals surface area contributed by atoms with Crippen LogP contribution in [0.5, 0.6) is 0 Å². The van der Waals surface area contributed by atoms with Crippen molar-refractivity contribution >= 4 is 0 Å². The first-order valence-corrected chi connectivity index (χ1v) is 8.50. The first-order valence-electron chi connectivity index (χ1n) is 8.50. The van der Waals surface area contributed by atoms with Crippen molar-refractivity contribution in [2.45, 2.75) is 13.5 Å². The number of piperazine rings is 1. The Bertz CT molecular complexity index is 727. The van der Waals surface area contributed by atoms with Crippen LogP contribution in [0.15, 0.2) is 35.1 Å². The highest BCUT2D eigenvalue weighted by molar-refractivity contribution is 5.33. The van der Waals surface area contributed by atoms with Gasteiger partial charge in [0.25, 0.3) is 5.56 Å². The molecule has 6 heteroatoms. The number of hydrogen-bond donors (Lipinski definition) is 1. The van der Waals surface area contributed by atoms with Gasteiger partial charge < -0.3 is 5.11 Å². The molecule has 1 aliphatic heterocycles. The number of aromatic nitrogens is 2. The van der Waals surface area contributed by atoms with Crippen LogP contribution in [0.2, 0.25) is 0 Å². The van der Waals surface area contributed by atoms with Gasteiger partial charge in [-0.15, -0.1) is 0 Å². The summed E-state index contributed by atoms with van der Waals surface area (Å²) in [5, 5.41) is 9.03. The molecule has 0 aliphatic carbocycles. The zero-order valence-corrected chi connectivity index (χ0v) is 14.5.